The molecule has 2 aromatic rings. The summed E-state index contributed by atoms with van der Waals surface area (Å²) in [5, 5.41) is 15.5. The first kappa shape index (κ1) is 34.7. The van der Waals surface area contributed by atoms with Crippen LogP contribution in [0, 0.1) is 5.92 Å². The largest absolute Gasteiger partial charge is 0.489 e. The minimum atomic E-state index is -0.395. The summed E-state index contributed by atoms with van der Waals surface area (Å²) in [4.78, 5) is 49.0. The number of hydrogen-bond acceptors (Lipinski definition) is 7. The van der Waals surface area contributed by atoms with Crippen molar-refractivity contribution in [1.82, 2.24) is 16.0 Å². The van der Waals surface area contributed by atoms with Gasteiger partial charge in [-0.25, -0.2) is 4.79 Å². The summed E-state index contributed by atoms with van der Waals surface area (Å²) in [5.74, 6) is 0.412. The van der Waals surface area contributed by atoms with E-state index in [2.05, 4.69) is 26.6 Å². The van der Waals surface area contributed by atoms with Crippen LogP contribution in [0.3, 0.4) is 0 Å². The van der Waals surface area contributed by atoms with Crippen LogP contribution in [-0.4, -0.2) is 73.2 Å². The van der Waals surface area contributed by atoms with Crippen molar-refractivity contribution in [2.24, 2.45) is 5.92 Å². The molecule has 2 fully saturated rings. The van der Waals surface area contributed by atoms with Crippen LogP contribution < -0.4 is 31.3 Å². The van der Waals surface area contributed by atoms with Crippen molar-refractivity contribution in [2.75, 3.05) is 42.8 Å². The molecule has 2 aliphatic heterocycles. The van der Waals surface area contributed by atoms with Gasteiger partial charge in [-0.3, -0.25) is 14.4 Å². The first-order valence-electron chi connectivity index (χ1n) is 15.0. The number of amides is 5. The van der Waals surface area contributed by atoms with Crippen LogP contribution in [-0.2, 0) is 14.3 Å². The van der Waals surface area contributed by atoms with Gasteiger partial charge in [-0.2, -0.15) is 11.8 Å². The Morgan fingerprint density at radius 3 is 2.60 bits per heavy atom. The molecule has 0 spiro atoms. The molecule has 3 atom stereocenters. The molecule has 2 aromatic carbocycles. The van der Waals surface area contributed by atoms with Gasteiger partial charge in [0.25, 0.3) is 5.91 Å². The molecule has 2 aliphatic rings. The van der Waals surface area contributed by atoms with Gasteiger partial charge in [-0.15, -0.1) is 0 Å². The average molecular weight is 681 g/mol. The number of benzene rings is 2. The third kappa shape index (κ3) is 10.4. The Morgan fingerprint density at radius 1 is 1.00 bits per heavy atom. The summed E-state index contributed by atoms with van der Waals surface area (Å²) < 4.78 is 11.4. The maximum atomic E-state index is 12.9. The molecule has 14 heteroatoms. The van der Waals surface area contributed by atoms with Crippen molar-refractivity contribution in [1.29, 1.82) is 0 Å². The van der Waals surface area contributed by atoms with E-state index in [4.69, 9.17) is 32.7 Å². The molecule has 244 valence electrons. The van der Waals surface area contributed by atoms with Crippen molar-refractivity contribution in [3.8, 4) is 5.75 Å². The van der Waals surface area contributed by atoms with E-state index in [9.17, 15) is 19.2 Å². The second kappa shape index (κ2) is 16.9. The summed E-state index contributed by atoms with van der Waals surface area (Å²) in [6.45, 7) is 4.71. The smallest absolute Gasteiger partial charge is 0.315 e. The van der Waals surface area contributed by atoms with Crippen molar-refractivity contribution in [2.45, 2.75) is 56.9 Å². The number of halogens is 2. The zero-order chi connectivity index (χ0) is 32.3. The number of hydrogen-bond donors (Lipinski definition) is 5. The Bertz CT molecular complexity index is 1380. The van der Waals surface area contributed by atoms with Gasteiger partial charge >= 0.3 is 6.03 Å². The van der Waals surface area contributed by atoms with E-state index >= 15 is 0 Å². The van der Waals surface area contributed by atoms with Crippen LogP contribution in [0.4, 0.5) is 16.2 Å². The molecule has 0 aromatic heterocycles. The van der Waals surface area contributed by atoms with Gasteiger partial charge in [0, 0.05) is 41.1 Å². The lowest BCUT2D eigenvalue weighted by atomic mass is 10.0. The summed E-state index contributed by atoms with van der Waals surface area (Å²) in [7, 11) is 0. The van der Waals surface area contributed by atoms with E-state index in [1.165, 1.54) is 0 Å². The molecule has 0 bridgehead atoms. The number of ether oxygens (including phenoxy) is 2. The highest BCUT2D eigenvalue weighted by Gasteiger charge is 2.42. The standard InChI is InChI=1S/C31H39Cl2N5O6S/c1-18(2)29(40)36-23-15-19(30(41)35-20-8-9-21(32)22(33)16-20)7-10-25(23)44-14-13-43-12-11-34-27(39)6-4-3-5-26-28-24(17-45-26)37-31(42)38-28/h7-10,15-16,18,24,26,28H,3-6,11-14,17H2,1-2H3,(H,34,39)(H,35,41)(H,36,40)(H2,37,38,42)/t24-,26?,28-/m0/s1. The van der Waals surface area contributed by atoms with Crippen molar-refractivity contribution >= 4 is 70.1 Å². The quantitative estimate of drug-likeness (QED) is 0.123. The Hall–Kier alpha value is -3.19. The SMILES string of the molecule is CC(C)C(=O)Nc1cc(C(=O)Nc2ccc(Cl)c(Cl)c2)ccc1OCCOCCNC(=O)CCCCC1SC[C@@H]2NC(=O)N[C@H]12. The minimum absolute atomic E-state index is 0.0172. The number of thioether (sulfide) groups is 1. The van der Waals surface area contributed by atoms with Gasteiger partial charge in [-0.05, 0) is 49.2 Å². The van der Waals surface area contributed by atoms with Crippen LogP contribution in [0.1, 0.15) is 49.9 Å². The zero-order valence-electron chi connectivity index (χ0n) is 25.3. The summed E-state index contributed by atoms with van der Waals surface area (Å²) >= 11 is 13.9. The topological polar surface area (TPSA) is 147 Å². The predicted octanol–water partition coefficient (Wildman–Crippen LogP) is 5.08. The highest BCUT2D eigenvalue weighted by Crippen LogP contribution is 2.33. The Labute approximate surface area is 277 Å². The normalized spacial score (nSPS) is 18.6. The number of carbonyl (C=O) groups excluding carboxylic acids is 4. The molecule has 4 rings (SSSR count). The molecular weight excluding hydrogens is 641 g/mol. The third-order valence-corrected chi connectivity index (χ3v) is 9.58. The maximum Gasteiger partial charge on any atom is 0.315 e. The Balaban J connectivity index is 1.14. The highest BCUT2D eigenvalue weighted by atomic mass is 35.5. The predicted molar refractivity (Wildman–Crippen MR) is 178 cm³/mol. The Morgan fingerprint density at radius 2 is 1.82 bits per heavy atom. The third-order valence-electron chi connectivity index (χ3n) is 7.34. The van der Waals surface area contributed by atoms with E-state index in [1.54, 1.807) is 50.2 Å². The number of anilines is 2. The number of urea groups is 1. The van der Waals surface area contributed by atoms with Gasteiger partial charge < -0.3 is 36.1 Å². The Kier molecular flexibility index (Phi) is 13.0. The van der Waals surface area contributed by atoms with E-state index in [1.807, 2.05) is 11.8 Å². The van der Waals surface area contributed by atoms with Crippen LogP contribution >= 0.6 is 35.0 Å². The lowest BCUT2D eigenvalue weighted by molar-refractivity contribution is -0.121. The lowest BCUT2D eigenvalue weighted by Gasteiger charge is -2.16. The molecule has 5 amide bonds. The van der Waals surface area contributed by atoms with E-state index in [-0.39, 0.29) is 49.1 Å². The van der Waals surface area contributed by atoms with E-state index < -0.39 is 5.91 Å². The molecule has 11 nitrogen and oxygen atoms in total. The van der Waals surface area contributed by atoms with Gasteiger partial charge in [0.1, 0.15) is 12.4 Å². The van der Waals surface area contributed by atoms with Crippen molar-refractivity contribution in [3.05, 3.63) is 52.0 Å². The van der Waals surface area contributed by atoms with E-state index in [0.29, 0.717) is 57.6 Å². The fraction of sp³-hybridized carbons (Fsp3) is 0.484. The number of rotatable bonds is 16. The summed E-state index contributed by atoms with van der Waals surface area (Å²) in [5.41, 5.74) is 1.15. The second-order valence-electron chi connectivity index (χ2n) is 11.1. The fourth-order valence-corrected chi connectivity index (χ4v) is 6.73. The molecular formula is C31H39Cl2N5O6S. The molecule has 0 radical (unpaired) electrons. The van der Waals surface area contributed by atoms with Crippen LogP contribution in [0.5, 0.6) is 5.75 Å². The molecule has 5 N–H and O–H groups in total. The summed E-state index contributed by atoms with van der Waals surface area (Å²) in [6, 6.07) is 9.86. The molecule has 45 heavy (non-hydrogen) atoms. The van der Waals surface area contributed by atoms with Crippen LogP contribution in [0.15, 0.2) is 36.4 Å². The molecule has 0 saturated carbocycles. The first-order valence-corrected chi connectivity index (χ1v) is 16.8. The lowest BCUT2D eigenvalue weighted by Crippen LogP contribution is -2.36. The molecule has 2 saturated heterocycles. The van der Waals surface area contributed by atoms with Crippen molar-refractivity contribution < 1.29 is 28.7 Å². The second-order valence-corrected chi connectivity index (χ2v) is 13.2. The number of unbranched alkanes of at least 4 members (excludes halogenated alkanes) is 1. The van der Waals surface area contributed by atoms with Gasteiger partial charge in [0.15, 0.2) is 0 Å². The molecule has 2 heterocycles. The monoisotopic (exact) mass is 679 g/mol. The zero-order valence-corrected chi connectivity index (χ0v) is 27.6. The van der Waals surface area contributed by atoms with Gasteiger partial charge in [-0.1, -0.05) is 43.5 Å². The average Bonchev–Trinajstić information content (AvgIpc) is 3.56. The first-order chi connectivity index (χ1) is 21.6. The highest BCUT2D eigenvalue weighted by molar-refractivity contribution is 8.00. The van der Waals surface area contributed by atoms with Gasteiger partial charge in [0.05, 0.1) is 41.0 Å². The minimum Gasteiger partial charge on any atom is -0.489 e. The molecule has 1 unspecified atom stereocenters. The van der Waals surface area contributed by atoms with Gasteiger partial charge in [0.2, 0.25) is 11.8 Å². The van der Waals surface area contributed by atoms with Crippen LogP contribution in [0.25, 0.3) is 0 Å². The number of carbonyl (C=O) groups is 4. The summed E-state index contributed by atoms with van der Waals surface area (Å²) in [6.07, 6.45) is 3.15. The number of fused-ring (bicyclic) bond motifs is 1. The maximum absolute atomic E-state index is 12.9. The number of nitrogens with one attached hydrogen (secondary N) is 5. The fourth-order valence-electron chi connectivity index (χ4n) is 4.89. The van der Waals surface area contributed by atoms with Crippen molar-refractivity contribution in [3.63, 3.8) is 0 Å². The van der Waals surface area contributed by atoms with E-state index in [0.717, 1.165) is 25.0 Å². The van der Waals surface area contributed by atoms with Crippen LogP contribution in [0.2, 0.25) is 10.0 Å². The molecule has 0 aliphatic carbocycles.